The fourth-order valence-electron chi connectivity index (χ4n) is 3.51. The summed E-state index contributed by atoms with van der Waals surface area (Å²) >= 11 is 0. The minimum Gasteiger partial charge on any atom is -0.465 e. The number of hydrogen-bond acceptors (Lipinski definition) is 6. The maximum atomic E-state index is 12.9. The van der Waals surface area contributed by atoms with Crippen LogP contribution in [0, 0.1) is 11.8 Å². The Balaban J connectivity index is 2.81. The van der Waals surface area contributed by atoms with Gasteiger partial charge in [-0.25, -0.2) is 4.79 Å². The van der Waals surface area contributed by atoms with Crippen molar-refractivity contribution in [3.8, 4) is 0 Å². The molecule has 4 atom stereocenters. The standard InChI is InChI=1S/C25H37N5O7/c1-5-15(4)20(30-23(34)18(11-14(2)3)29-25(36)37)21(32)24(35)27-13-19(31)28-17(22(26)33)12-16-9-7-6-8-10-16/h6-10,14-15,17-18,20,29H,5,11-13H2,1-4H3,(H2,26,33)(H,27,35)(H,28,31)(H,30,34)(H,36,37). The van der Waals surface area contributed by atoms with Crippen LogP contribution in [-0.2, 0) is 30.4 Å². The van der Waals surface area contributed by atoms with Crippen LogP contribution >= 0.6 is 0 Å². The molecule has 0 spiro atoms. The van der Waals surface area contributed by atoms with E-state index in [0.29, 0.717) is 6.42 Å². The normalized spacial score (nSPS) is 14.0. The largest absolute Gasteiger partial charge is 0.465 e. The Bertz CT molecular complexity index is 967. The Labute approximate surface area is 216 Å². The molecule has 37 heavy (non-hydrogen) atoms. The molecule has 12 heteroatoms. The number of rotatable bonds is 15. The lowest BCUT2D eigenvalue weighted by atomic mass is 9.94. The third-order valence-corrected chi connectivity index (χ3v) is 5.71. The van der Waals surface area contributed by atoms with Gasteiger partial charge in [0, 0.05) is 6.42 Å². The molecule has 0 heterocycles. The number of carbonyl (C=O) groups is 6. The second-order valence-electron chi connectivity index (χ2n) is 9.26. The highest BCUT2D eigenvalue weighted by atomic mass is 16.4. The highest BCUT2D eigenvalue weighted by Crippen LogP contribution is 2.11. The van der Waals surface area contributed by atoms with Crippen LogP contribution in [-0.4, -0.2) is 65.3 Å². The molecule has 1 aromatic carbocycles. The van der Waals surface area contributed by atoms with Crippen LogP contribution < -0.4 is 27.0 Å². The average molecular weight is 520 g/mol. The summed E-state index contributed by atoms with van der Waals surface area (Å²) in [5, 5.41) is 18.3. The fourth-order valence-corrected chi connectivity index (χ4v) is 3.51. The van der Waals surface area contributed by atoms with Gasteiger partial charge in [0.2, 0.25) is 23.5 Å². The summed E-state index contributed by atoms with van der Waals surface area (Å²) in [5.74, 6) is -4.78. The van der Waals surface area contributed by atoms with Crippen LogP contribution in [0.5, 0.6) is 0 Å². The summed E-state index contributed by atoms with van der Waals surface area (Å²) in [4.78, 5) is 73.3. The molecule has 204 valence electrons. The maximum Gasteiger partial charge on any atom is 0.405 e. The smallest absolute Gasteiger partial charge is 0.405 e. The molecule has 4 unspecified atom stereocenters. The van der Waals surface area contributed by atoms with Crippen molar-refractivity contribution in [2.24, 2.45) is 17.6 Å². The predicted molar refractivity (Wildman–Crippen MR) is 135 cm³/mol. The molecule has 0 aliphatic carbocycles. The predicted octanol–water partition coefficient (Wildman–Crippen LogP) is 0.0977. The number of hydrogen-bond donors (Lipinski definition) is 6. The zero-order chi connectivity index (χ0) is 28.1. The van der Waals surface area contributed by atoms with E-state index in [4.69, 9.17) is 10.8 Å². The van der Waals surface area contributed by atoms with Gasteiger partial charge < -0.3 is 32.1 Å². The summed E-state index contributed by atoms with van der Waals surface area (Å²) < 4.78 is 0. The first-order valence-electron chi connectivity index (χ1n) is 12.1. The second-order valence-corrected chi connectivity index (χ2v) is 9.26. The third kappa shape index (κ3) is 11.1. The molecule has 5 amide bonds. The summed E-state index contributed by atoms with van der Waals surface area (Å²) in [6.07, 6.45) is -0.613. The average Bonchev–Trinajstić information content (AvgIpc) is 2.83. The van der Waals surface area contributed by atoms with E-state index in [1.54, 1.807) is 44.2 Å². The summed E-state index contributed by atoms with van der Waals surface area (Å²) in [7, 11) is 0. The molecule has 0 aliphatic rings. The van der Waals surface area contributed by atoms with E-state index < -0.39 is 66.1 Å². The SMILES string of the molecule is CCC(C)C(NC(=O)C(CC(C)C)NC(=O)O)C(=O)C(=O)NCC(=O)NC(Cc1ccccc1)C(N)=O. The molecule has 0 saturated carbocycles. The van der Waals surface area contributed by atoms with Crippen molar-refractivity contribution in [3.63, 3.8) is 0 Å². The van der Waals surface area contributed by atoms with Gasteiger partial charge in [0.15, 0.2) is 0 Å². The van der Waals surface area contributed by atoms with Crippen molar-refractivity contribution >= 4 is 35.5 Å². The van der Waals surface area contributed by atoms with Gasteiger partial charge in [0.25, 0.3) is 5.91 Å². The maximum absolute atomic E-state index is 12.9. The van der Waals surface area contributed by atoms with E-state index in [2.05, 4.69) is 21.3 Å². The lowest BCUT2D eigenvalue weighted by molar-refractivity contribution is -0.141. The van der Waals surface area contributed by atoms with Crippen molar-refractivity contribution in [1.29, 1.82) is 0 Å². The zero-order valence-corrected chi connectivity index (χ0v) is 21.6. The van der Waals surface area contributed by atoms with E-state index in [1.165, 1.54) is 0 Å². The number of nitrogens with two attached hydrogens (primary N) is 1. The molecule has 1 aromatic rings. The number of primary amides is 1. The van der Waals surface area contributed by atoms with Gasteiger partial charge in [0.1, 0.15) is 12.1 Å². The van der Waals surface area contributed by atoms with Crippen molar-refractivity contribution in [2.75, 3.05) is 6.54 Å². The van der Waals surface area contributed by atoms with E-state index >= 15 is 0 Å². The summed E-state index contributed by atoms with van der Waals surface area (Å²) in [5.41, 5.74) is 6.15. The van der Waals surface area contributed by atoms with Gasteiger partial charge in [-0.15, -0.1) is 0 Å². The summed E-state index contributed by atoms with van der Waals surface area (Å²) in [6, 6.07) is 5.52. The highest BCUT2D eigenvalue weighted by molar-refractivity contribution is 6.38. The van der Waals surface area contributed by atoms with Crippen LogP contribution in [0.3, 0.4) is 0 Å². The quantitative estimate of drug-likeness (QED) is 0.177. The van der Waals surface area contributed by atoms with E-state index in [9.17, 15) is 28.8 Å². The number of nitrogens with one attached hydrogen (secondary N) is 4. The van der Waals surface area contributed by atoms with Crippen LogP contribution in [0.15, 0.2) is 30.3 Å². The number of carbonyl (C=O) groups excluding carboxylic acids is 5. The monoisotopic (exact) mass is 519 g/mol. The topological polar surface area (TPSA) is 197 Å². The lowest BCUT2D eigenvalue weighted by Crippen LogP contribution is -2.56. The van der Waals surface area contributed by atoms with Gasteiger partial charge in [-0.3, -0.25) is 24.0 Å². The van der Waals surface area contributed by atoms with Crippen molar-refractivity contribution in [1.82, 2.24) is 21.3 Å². The Kier molecular flexibility index (Phi) is 12.8. The second kappa shape index (κ2) is 15.2. The zero-order valence-electron chi connectivity index (χ0n) is 21.6. The third-order valence-electron chi connectivity index (χ3n) is 5.71. The van der Waals surface area contributed by atoms with Gasteiger partial charge >= 0.3 is 6.09 Å². The number of carboxylic acid groups (broad SMARTS) is 1. The highest BCUT2D eigenvalue weighted by Gasteiger charge is 2.33. The Hall–Kier alpha value is -3.96. The lowest BCUT2D eigenvalue weighted by Gasteiger charge is -2.26. The number of Topliss-reactive ketones (excluding diaryl/α,β-unsaturated/α-hetero) is 1. The molecule has 12 nitrogen and oxygen atoms in total. The Morgan fingerprint density at radius 3 is 2.05 bits per heavy atom. The van der Waals surface area contributed by atoms with Gasteiger partial charge in [-0.05, 0) is 23.8 Å². The molecular weight excluding hydrogens is 482 g/mol. The first-order valence-corrected chi connectivity index (χ1v) is 12.1. The van der Waals surface area contributed by atoms with Crippen LogP contribution in [0.2, 0.25) is 0 Å². The number of amides is 5. The Morgan fingerprint density at radius 1 is 0.919 bits per heavy atom. The molecule has 0 fully saturated rings. The van der Waals surface area contributed by atoms with Crippen molar-refractivity contribution in [2.45, 2.75) is 65.1 Å². The molecule has 1 rings (SSSR count). The van der Waals surface area contributed by atoms with Crippen molar-refractivity contribution < 1.29 is 33.9 Å². The molecule has 7 N–H and O–H groups in total. The van der Waals surface area contributed by atoms with Crippen LogP contribution in [0.1, 0.15) is 46.1 Å². The minimum absolute atomic E-state index is 0.0201. The first-order chi connectivity index (χ1) is 17.3. The molecule has 0 aromatic heterocycles. The first kappa shape index (κ1) is 31.1. The van der Waals surface area contributed by atoms with Gasteiger partial charge in [-0.2, -0.15) is 0 Å². The molecule has 0 bridgehead atoms. The molecule has 0 aliphatic heterocycles. The van der Waals surface area contributed by atoms with E-state index in [-0.39, 0.29) is 18.8 Å². The van der Waals surface area contributed by atoms with Gasteiger partial charge in [0.05, 0.1) is 12.6 Å². The van der Waals surface area contributed by atoms with E-state index in [0.717, 1.165) is 5.56 Å². The van der Waals surface area contributed by atoms with Crippen LogP contribution in [0.25, 0.3) is 0 Å². The molecular formula is C25H37N5O7. The Morgan fingerprint density at radius 2 is 1.54 bits per heavy atom. The number of benzene rings is 1. The number of ketones is 1. The molecule has 0 radical (unpaired) electrons. The van der Waals surface area contributed by atoms with Crippen molar-refractivity contribution in [3.05, 3.63) is 35.9 Å². The fraction of sp³-hybridized carbons (Fsp3) is 0.520. The van der Waals surface area contributed by atoms with Crippen LogP contribution in [0.4, 0.5) is 4.79 Å². The minimum atomic E-state index is -1.39. The van der Waals surface area contributed by atoms with Gasteiger partial charge in [-0.1, -0.05) is 64.4 Å². The molecule has 0 saturated heterocycles. The summed E-state index contributed by atoms with van der Waals surface area (Å²) in [6.45, 7) is 6.44. The van der Waals surface area contributed by atoms with E-state index in [1.807, 2.05) is 13.8 Å².